The zero-order valence-electron chi connectivity index (χ0n) is 9.26. The Morgan fingerprint density at radius 2 is 1.93 bits per heavy atom. The molecule has 14 heavy (non-hydrogen) atoms. The molecule has 0 saturated carbocycles. The first-order valence-electron chi connectivity index (χ1n) is 4.96. The van der Waals surface area contributed by atoms with Gasteiger partial charge < -0.3 is 9.32 Å². The van der Waals surface area contributed by atoms with Crippen LogP contribution < -0.4 is 0 Å². The minimum Gasteiger partial charge on any atom is -0.456 e. The van der Waals surface area contributed by atoms with Crippen molar-refractivity contribution in [1.29, 1.82) is 0 Å². The summed E-state index contributed by atoms with van der Waals surface area (Å²) in [5.74, 6) is 1.25. The molecule has 1 aromatic rings. The topological polar surface area (TPSA) is 33.5 Å². The monoisotopic (exact) mass is 195 g/mol. The molecule has 3 heteroatoms. The fourth-order valence-corrected chi connectivity index (χ4v) is 1.35. The van der Waals surface area contributed by atoms with Crippen LogP contribution in [-0.4, -0.2) is 23.9 Å². The quantitative estimate of drug-likeness (QED) is 0.742. The maximum atomic E-state index is 11.8. The molecule has 0 aliphatic heterocycles. The molecule has 1 rings (SSSR count). The van der Waals surface area contributed by atoms with Gasteiger partial charge in [0.05, 0.1) is 0 Å². The summed E-state index contributed by atoms with van der Waals surface area (Å²) in [6.45, 7) is 9.17. The second kappa shape index (κ2) is 4.31. The van der Waals surface area contributed by atoms with Gasteiger partial charge in [0.25, 0.3) is 5.91 Å². The minimum atomic E-state index is -0.0220. The lowest BCUT2D eigenvalue weighted by Gasteiger charge is -2.16. The number of amides is 1. The maximum Gasteiger partial charge on any atom is 0.289 e. The number of aryl methyl sites for hydroxylation is 2. The molecule has 0 atom stereocenters. The van der Waals surface area contributed by atoms with Crippen molar-refractivity contribution in [2.45, 2.75) is 27.7 Å². The van der Waals surface area contributed by atoms with E-state index in [0.29, 0.717) is 18.8 Å². The highest BCUT2D eigenvalue weighted by Crippen LogP contribution is 2.14. The molecule has 1 aromatic heterocycles. The first-order chi connectivity index (χ1) is 6.60. The molecular formula is C11H17NO2. The van der Waals surface area contributed by atoms with Gasteiger partial charge in [-0.2, -0.15) is 0 Å². The second-order valence-electron chi connectivity index (χ2n) is 3.33. The van der Waals surface area contributed by atoms with Gasteiger partial charge in [-0.1, -0.05) is 0 Å². The lowest BCUT2D eigenvalue weighted by Crippen LogP contribution is -2.30. The molecule has 0 N–H and O–H groups in total. The van der Waals surface area contributed by atoms with Crippen molar-refractivity contribution in [3.8, 4) is 0 Å². The zero-order valence-corrected chi connectivity index (χ0v) is 9.26. The number of furan rings is 1. The normalized spacial score (nSPS) is 10.3. The summed E-state index contributed by atoms with van der Waals surface area (Å²) in [7, 11) is 0. The van der Waals surface area contributed by atoms with Crippen molar-refractivity contribution in [3.63, 3.8) is 0 Å². The summed E-state index contributed by atoms with van der Waals surface area (Å²) in [5, 5.41) is 0. The molecule has 0 aliphatic carbocycles. The van der Waals surface area contributed by atoms with Crippen molar-refractivity contribution in [1.82, 2.24) is 4.90 Å². The molecule has 3 nitrogen and oxygen atoms in total. The fraction of sp³-hybridized carbons (Fsp3) is 0.545. The molecule has 1 amide bonds. The molecule has 78 valence electrons. The summed E-state index contributed by atoms with van der Waals surface area (Å²) in [4.78, 5) is 13.6. The molecule has 0 saturated heterocycles. The third kappa shape index (κ3) is 1.97. The van der Waals surface area contributed by atoms with Crippen LogP contribution in [0.4, 0.5) is 0 Å². The molecule has 0 unspecified atom stereocenters. The highest BCUT2D eigenvalue weighted by molar-refractivity contribution is 5.91. The van der Waals surface area contributed by atoms with Gasteiger partial charge in [0.15, 0.2) is 5.76 Å². The smallest absolute Gasteiger partial charge is 0.289 e. The fourth-order valence-electron chi connectivity index (χ4n) is 1.35. The molecule has 0 spiro atoms. The van der Waals surface area contributed by atoms with Crippen LogP contribution >= 0.6 is 0 Å². The van der Waals surface area contributed by atoms with Crippen LogP contribution in [0.1, 0.15) is 35.7 Å². The van der Waals surface area contributed by atoms with Crippen molar-refractivity contribution in [2.24, 2.45) is 0 Å². The van der Waals surface area contributed by atoms with Crippen LogP contribution in [0.3, 0.4) is 0 Å². The van der Waals surface area contributed by atoms with Crippen LogP contribution in [0.15, 0.2) is 10.5 Å². The van der Waals surface area contributed by atoms with Gasteiger partial charge in [-0.25, -0.2) is 0 Å². The van der Waals surface area contributed by atoms with E-state index in [1.807, 2.05) is 27.7 Å². The number of carbonyl (C=O) groups is 1. The van der Waals surface area contributed by atoms with Crippen LogP contribution in [0.5, 0.6) is 0 Å². The van der Waals surface area contributed by atoms with Gasteiger partial charge in [-0.15, -0.1) is 0 Å². The number of nitrogens with zero attached hydrogens (tertiary/aromatic N) is 1. The predicted molar refractivity (Wildman–Crippen MR) is 55.4 cm³/mol. The number of rotatable bonds is 3. The molecule has 0 bridgehead atoms. The Balaban J connectivity index is 2.88. The van der Waals surface area contributed by atoms with E-state index < -0.39 is 0 Å². The number of hydrogen-bond donors (Lipinski definition) is 0. The summed E-state index contributed by atoms with van der Waals surface area (Å²) < 4.78 is 5.37. The van der Waals surface area contributed by atoms with Crippen LogP contribution in [0, 0.1) is 13.8 Å². The average molecular weight is 195 g/mol. The highest BCUT2D eigenvalue weighted by atomic mass is 16.4. The van der Waals surface area contributed by atoms with E-state index in [2.05, 4.69) is 0 Å². The van der Waals surface area contributed by atoms with Gasteiger partial charge in [-0.05, 0) is 39.3 Å². The van der Waals surface area contributed by atoms with Gasteiger partial charge >= 0.3 is 0 Å². The standard InChI is InChI=1S/C11H17NO2/c1-5-12(6-2)11(13)10-7-8(3)9(4)14-10/h7H,5-6H2,1-4H3. The Labute approximate surface area is 84.7 Å². The largest absolute Gasteiger partial charge is 0.456 e. The SMILES string of the molecule is CCN(CC)C(=O)c1cc(C)c(C)o1. The Hall–Kier alpha value is -1.25. The summed E-state index contributed by atoms with van der Waals surface area (Å²) in [6.07, 6.45) is 0. The molecule has 0 radical (unpaired) electrons. The molecule has 0 aromatic carbocycles. The maximum absolute atomic E-state index is 11.8. The van der Waals surface area contributed by atoms with E-state index in [-0.39, 0.29) is 5.91 Å². The highest BCUT2D eigenvalue weighted by Gasteiger charge is 2.16. The average Bonchev–Trinajstić information content (AvgIpc) is 2.49. The third-order valence-corrected chi connectivity index (χ3v) is 2.43. The molecule has 0 aliphatic rings. The predicted octanol–water partition coefficient (Wildman–Crippen LogP) is 2.38. The summed E-state index contributed by atoms with van der Waals surface area (Å²) >= 11 is 0. The van der Waals surface area contributed by atoms with Crippen molar-refractivity contribution in [3.05, 3.63) is 23.2 Å². The van der Waals surface area contributed by atoms with E-state index in [9.17, 15) is 4.79 Å². The lowest BCUT2D eigenvalue weighted by atomic mass is 10.2. The summed E-state index contributed by atoms with van der Waals surface area (Å²) in [6, 6.07) is 1.80. The Morgan fingerprint density at radius 1 is 1.36 bits per heavy atom. The molecule has 1 heterocycles. The molecule has 0 fully saturated rings. The first-order valence-corrected chi connectivity index (χ1v) is 4.96. The van der Waals surface area contributed by atoms with E-state index in [0.717, 1.165) is 11.3 Å². The third-order valence-electron chi connectivity index (χ3n) is 2.43. The van der Waals surface area contributed by atoms with Crippen LogP contribution in [0.2, 0.25) is 0 Å². The van der Waals surface area contributed by atoms with Gasteiger partial charge in [0, 0.05) is 13.1 Å². The Kier molecular flexibility index (Phi) is 3.33. The van der Waals surface area contributed by atoms with Crippen molar-refractivity contribution >= 4 is 5.91 Å². The minimum absolute atomic E-state index is 0.0220. The second-order valence-corrected chi connectivity index (χ2v) is 3.33. The van der Waals surface area contributed by atoms with E-state index in [1.165, 1.54) is 0 Å². The summed E-state index contributed by atoms with van der Waals surface area (Å²) in [5.41, 5.74) is 1.03. The number of hydrogen-bond acceptors (Lipinski definition) is 2. The van der Waals surface area contributed by atoms with Crippen molar-refractivity contribution in [2.75, 3.05) is 13.1 Å². The van der Waals surface area contributed by atoms with Gasteiger partial charge in [-0.3, -0.25) is 4.79 Å². The van der Waals surface area contributed by atoms with Crippen LogP contribution in [-0.2, 0) is 0 Å². The first kappa shape index (κ1) is 10.8. The Bertz CT molecular complexity index is 305. The lowest BCUT2D eigenvalue weighted by molar-refractivity contribution is 0.0739. The van der Waals surface area contributed by atoms with Crippen molar-refractivity contribution < 1.29 is 9.21 Å². The van der Waals surface area contributed by atoms with Gasteiger partial charge in [0.2, 0.25) is 0 Å². The van der Waals surface area contributed by atoms with Crippen LogP contribution in [0.25, 0.3) is 0 Å². The number of carbonyl (C=O) groups excluding carboxylic acids is 1. The van der Waals surface area contributed by atoms with Gasteiger partial charge in [0.1, 0.15) is 5.76 Å². The van der Waals surface area contributed by atoms with E-state index >= 15 is 0 Å². The van der Waals surface area contributed by atoms with E-state index in [4.69, 9.17) is 4.42 Å². The Morgan fingerprint density at radius 3 is 2.29 bits per heavy atom. The molecular weight excluding hydrogens is 178 g/mol. The zero-order chi connectivity index (χ0) is 10.7. The van der Waals surface area contributed by atoms with E-state index in [1.54, 1.807) is 11.0 Å².